The predicted molar refractivity (Wildman–Crippen MR) is 81.0 cm³/mol. The van der Waals surface area contributed by atoms with Gasteiger partial charge >= 0.3 is 6.18 Å². The van der Waals surface area contributed by atoms with E-state index in [1.54, 1.807) is 6.07 Å². The SMILES string of the molecule is Cc1nc(CNC(=O)[C@@H]2C[C@H]2c2cccc(C(F)(F)F)c2)cs1. The Morgan fingerprint density at radius 2 is 2.22 bits per heavy atom. The largest absolute Gasteiger partial charge is 0.416 e. The highest BCUT2D eigenvalue weighted by atomic mass is 32.1. The molecule has 3 nitrogen and oxygen atoms in total. The van der Waals surface area contributed by atoms with Gasteiger partial charge in [-0.2, -0.15) is 13.2 Å². The molecule has 3 rings (SSSR count). The summed E-state index contributed by atoms with van der Waals surface area (Å²) in [6, 6.07) is 5.23. The maximum atomic E-state index is 12.7. The van der Waals surface area contributed by atoms with Gasteiger partial charge in [-0.1, -0.05) is 18.2 Å². The number of amides is 1. The van der Waals surface area contributed by atoms with Crippen LogP contribution in [-0.4, -0.2) is 10.9 Å². The molecule has 1 aromatic heterocycles. The Balaban J connectivity index is 1.59. The number of hydrogen-bond donors (Lipinski definition) is 1. The summed E-state index contributed by atoms with van der Waals surface area (Å²) in [5.41, 5.74) is 0.709. The lowest BCUT2D eigenvalue weighted by Crippen LogP contribution is -2.25. The summed E-state index contributed by atoms with van der Waals surface area (Å²) >= 11 is 1.51. The zero-order chi connectivity index (χ0) is 16.6. The van der Waals surface area contributed by atoms with Crippen LogP contribution in [0.3, 0.4) is 0 Å². The summed E-state index contributed by atoms with van der Waals surface area (Å²) in [5.74, 6) is -0.509. The summed E-state index contributed by atoms with van der Waals surface area (Å²) in [5, 5.41) is 5.62. The number of thiazole rings is 1. The smallest absolute Gasteiger partial charge is 0.350 e. The average Bonchev–Trinajstić information content (AvgIpc) is 3.20. The normalized spacial score (nSPS) is 20.3. The van der Waals surface area contributed by atoms with Crippen LogP contribution in [0.5, 0.6) is 0 Å². The first kappa shape index (κ1) is 16.0. The highest BCUT2D eigenvalue weighted by Gasteiger charge is 2.44. The zero-order valence-corrected chi connectivity index (χ0v) is 13.2. The molecule has 1 aliphatic rings. The number of nitrogens with zero attached hydrogens (tertiary/aromatic N) is 1. The van der Waals surface area contributed by atoms with E-state index in [4.69, 9.17) is 0 Å². The Kier molecular flexibility index (Phi) is 4.14. The molecule has 1 aromatic carbocycles. The number of benzene rings is 1. The van der Waals surface area contributed by atoms with Gasteiger partial charge in [0.1, 0.15) is 0 Å². The molecule has 0 aliphatic heterocycles. The summed E-state index contributed by atoms with van der Waals surface area (Å²) in [6.07, 6.45) is -3.77. The lowest BCUT2D eigenvalue weighted by atomic mass is 10.1. The number of hydrogen-bond acceptors (Lipinski definition) is 3. The molecule has 0 spiro atoms. The molecule has 0 bridgehead atoms. The van der Waals surface area contributed by atoms with E-state index >= 15 is 0 Å². The van der Waals surface area contributed by atoms with Crippen LogP contribution in [0.4, 0.5) is 13.2 Å². The van der Waals surface area contributed by atoms with Gasteiger partial charge < -0.3 is 5.32 Å². The molecule has 1 saturated carbocycles. The van der Waals surface area contributed by atoms with Gasteiger partial charge in [0.2, 0.25) is 5.91 Å². The lowest BCUT2D eigenvalue weighted by molar-refractivity contribution is -0.137. The third-order valence-corrected chi connectivity index (χ3v) is 4.70. The number of rotatable bonds is 4. The average molecular weight is 340 g/mol. The van der Waals surface area contributed by atoms with Crippen molar-refractivity contribution in [3.8, 4) is 0 Å². The quantitative estimate of drug-likeness (QED) is 0.917. The van der Waals surface area contributed by atoms with E-state index < -0.39 is 11.7 Å². The molecule has 1 fully saturated rings. The van der Waals surface area contributed by atoms with Crippen molar-refractivity contribution in [1.82, 2.24) is 10.3 Å². The standard InChI is InChI=1S/C16H15F3N2OS/c1-9-21-12(8-23-9)7-20-15(22)14-6-13(14)10-3-2-4-11(5-10)16(17,18)19/h2-5,8,13-14H,6-7H2,1H3,(H,20,22)/t13-,14+/m0/s1. The highest BCUT2D eigenvalue weighted by Crippen LogP contribution is 2.48. The lowest BCUT2D eigenvalue weighted by Gasteiger charge is -2.08. The summed E-state index contributed by atoms with van der Waals surface area (Å²) < 4.78 is 38.2. The van der Waals surface area contributed by atoms with Crippen molar-refractivity contribution in [2.75, 3.05) is 0 Å². The summed E-state index contributed by atoms with van der Waals surface area (Å²) in [6.45, 7) is 2.25. The Hall–Kier alpha value is -1.89. The number of carbonyl (C=O) groups excluding carboxylic acids is 1. The van der Waals surface area contributed by atoms with E-state index in [-0.39, 0.29) is 17.7 Å². The van der Waals surface area contributed by atoms with E-state index in [2.05, 4.69) is 10.3 Å². The van der Waals surface area contributed by atoms with E-state index in [0.29, 0.717) is 18.5 Å². The number of halogens is 3. The number of aromatic nitrogens is 1. The number of alkyl halides is 3. The van der Waals surface area contributed by atoms with E-state index in [1.807, 2.05) is 12.3 Å². The number of carbonyl (C=O) groups is 1. The van der Waals surface area contributed by atoms with E-state index in [0.717, 1.165) is 22.8 Å². The maximum Gasteiger partial charge on any atom is 0.416 e. The van der Waals surface area contributed by atoms with Gasteiger partial charge in [-0.15, -0.1) is 11.3 Å². The van der Waals surface area contributed by atoms with Crippen molar-refractivity contribution in [2.24, 2.45) is 5.92 Å². The third kappa shape index (κ3) is 3.72. The van der Waals surface area contributed by atoms with Crippen molar-refractivity contribution < 1.29 is 18.0 Å². The van der Waals surface area contributed by atoms with Crippen LogP contribution in [0.25, 0.3) is 0 Å². The Bertz CT molecular complexity index is 726. The monoisotopic (exact) mass is 340 g/mol. The van der Waals surface area contributed by atoms with Gasteiger partial charge in [0.25, 0.3) is 0 Å². The maximum absolute atomic E-state index is 12.7. The van der Waals surface area contributed by atoms with Crippen LogP contribution in [0.1, 0.15) is 34.2 Å². The Morgan fingerprint density at radius 1 is 1.43 bits per heavy atom. The molecule has 7 heteroatoms. The molecule has 0 unspecified atom stereocenters. The van der Waals surface area contributed by atoms with Crippen LogP contribution < -0.4 is 5.32 Å². The van der Waals surface area contributed by atoms with Gasteiger partial charge in [0.15, 0.2) is 0 Å². The predicted octanol–water partition coefficient (Wildman–Crippen LogP) is 3.89. The van der Waals surface area contributed by atoms with Crippen molar-refractivity contribution in [3.05, 3.63) is 51.5 Å². The zero-order valence-electron chi connectivity index (χ0n) is 12.4. The molecule has 0 radical (unpaired) electrons. The second-order valence-electron chi connectivity index (χ2n) is 5.65. The second-order valence-corrected chi connectivity index (χ2v) is 6.71. The van der Waals surface area contributed by atoms with Crippen molar-refractivity contribution in [2.45, 2.75) is 32.0 Å². The van der Waals surface area contributed by atoms with Crippen LogP contribution in [0.2, 0.25) is 0 Å². The van der Waals surface area contributed by atoms with Gasteiger partial charge in [0, 0.05) is 11.3 Å². The van der Waals surface area contributed by atoms with Crippen LogP contribution >= 0.6 is 11.3 Å². The fourth-order valence-corrected chi connectivity index (χ4v) is 3.21. The minimum atomic E-state index is -4.36. The molecular formula is C16H15F3N2OS. The first-order valence-electron chi connectivity index (χ1n) is 7.20. The molecule has 1 aliphatic carbocycles. The first-order chi connectivity index (χ1) is 10.8. The van der Waals surface area contributed by atoms with Crippen LogP contribution in [0.15, 0.2) is 29.6 Å². The fraction of sp³-hybridized carbons (Fsp3) is 0.375. The van der Waals surface area contributed by atoms with E-state index in [1.165, 1.54) is 17.4 Å². The molecule has 2 atom stereocenters. The summed E-state index contributed by atoms with van der Waals surface area (Å²) in [7, 11) is 0. The van der Waals surface area contributed by atoms with Crippen LogP contribution in [-0.2, 0) is 17.5 Å². The molecule has 0 saturated heterocycles. The van der Waals surface area contributed by atoms with Crippen LogP contribution in [0, 0.1) is 12.8 Å². The van der Waals surface area contributed by atoms with Crippen molar-refractivity contribution in [1.29, 1.82) is 0 Å². The first-order valence-corrected chi connectivity index (χ1v) is 8.08. The Morgan fingerprint density at radius 3 is 2.87 bits per heavy atom. The minimum absolute atomic E-state index is 0.127. The van der Waals surface area contributed by atoms with Gasteiger partial charge in [-0.05, 0) is 30.9 Å². The van der Waals surface area contributed by atoms with Gasteiger partial charge in [0.05, 0.1) is 22.8 Å². The molecule has 1 heterocycles. The van der Waals surface area contributed by atoms with E-state index in [9.17, 15) is 18.0 Å². The fourth-order valence-electron chi connectivity index (χ4n) is 2.60. The third-order valence-electron chi connectivity index (χ3n) is 3.88. The topological polar surface area (TPSA) is 42.0 Å². The molecule has 1 amide bonds. The minimum Gasteiger partial charge on any atom is -0.350 e. The summed E-state index contributed by atoms with van der Waals surface area (Å²) in [4.78, 5) is 16.4. The number of nitrogens with one attached hydrogen (secondary N) is 1. The second kappa shape index (κ2) is 5.96. The molecule has 122 valence electrons. The van der Waals surface area contributed by atoms with Gasteiger partial charge in [-0.25, -0.2) is 4.98 Å². The molecule has 23 heavy (non-hydrogen) atoms. The van der Waals surface area contributed by atoms with Crippen molar-refractivity contribution >= 4 is 17.2 Å². The molecule has 1 N–H and O–H groups in total. The molecular weight excluding hydrogens is 325 g/mol. The molecule has 2 aromatic rings. The van der Waals surface area contributed by atoms with Gasteiger partial charge in [-0.3, -0.25) is 4.79 Å². The Labute approximate surface area is 135 Å². The highest BCUT2D eigenvalue weighted by molar-refractivity contribution is 7.09. The van der Waals surface area contributed by atoms with Crippen molar-refractivity contribution in [3.63, 3.8) is 0 Å². The number of aryl methyl sites for hydroxylation is 1.